The Bertz CT molecular complexity index is 311. The first-order chi connectivity index (χ1) is 6.77. The van der Waals surface area contributed by atoms with Crippen LogP contribution in [-0.4, -0.2) is 36.1 Å². The lowest BCUT2D eigenvalue weighted by atomic mass is 10.2. The van der Waals surface area contributed by atoms with Crippen molar-refractivity contribution >= 4 is 17.4 Å². The summed E-state index contributed by atoms with van der Waals surface area (Å²) in [5.41, 5.74) is 0. The number of nitrogens with zero attached hydrogens (tertiary/aromatic N) is 3. The van der Waals surface area contributed by atoms with E-state index in [9.17, 15) is 0 Å². The van der Waals surface area contributed by atoms with Gasteiger partial charge in [-0.3, -0.25) is 0 Å². The molecule has 0 amide bonds. The molecule has 1 aliphatic heterocycles. The molecular formula is C9H13ClN4. The van der Waals surface area contributed by atoms with E-state index in [0.29, 0.717) is 11.2 Å². The van der Waals surface area contributed by atoms with Gasteiger partial charge in [-0.15, -0.1) is 0 Å². The fourth-order valence-electron chi connectivity index (χ4n) is 1.67. The molecule has 2 heterocycles. The van der Waals surface area contributed by atoms with Gasteiger partial charge in [0.1, 0.15) is 17.3 Å². The SMILES string of the molecule is CN(c1cc(Cl)ncn1)C1CCNC1. The predicted octanol–water partition coefficient (Wildman–Crippen LogP) is 0.928. The summed E-state index contributed by atoms with van der Waals surface area (Å²) < 4.78 is 0. The quantitative estimate of drug-likeness (QED) is 0.741. The van der Waals surface area contributed by atoms with Gasteiger partial charge in [0, 0.05) is 25.7 Å². The van der Waals surface area contributed by atoms with E-state index in [1.807, 2.05) is 7.05 Å². The van der Waals surface area contributed by atoms with Gasteiger partial charge in [-0.1, -0.05) is 11.6 Å². The third-order valence-electron chi connectivity index (χ3n) is 2.56. The topological polar surface area (TPSA) is 41.1 Å². The van der Waals surface area contributed by atoms with Crippen LogP contribution in [0.5, 0.6) is 0 Å². The molecular weight excluding hydrogens is 200 g/mol. The Labute approximate surface area is 88.3 Å². The molecule has 1 unspecified atom stereocenters. The van der Waals surface area contributed by atoms with Gasteiger partial charge >= 0.3 is 0 Å². The van der Waals surface area contributed by atoms with Gasteiger partial charge in [0.05, 0.1) is 0 Å². The zero-order valence-electron chi connectivity index (χ0n) is 8.07. The maximum absolute atomic E-state index is 5.80. The number of anilines is 1. The highest BCUT2D eigenvalue weighted by atomic mass is 35.5. The first-order valence-corrected chi connectivity index (χ1v) is 5.06. The molecule has 0 radical (unpaired) electrons. The van der Waals surface area contributed by atoms with Crippen molar-refractivity contribution in [1.82, 2.24) is 15.3 Å². The van der Waals surface area contributed by atoms with Crippen LogP contribution in [0.15, 0.2) is 12.4 Å². The molecule has 76 valence electrons. The molecule has 1 fully saturated rings. The molecule has 2 rings (SSSR count). The minimum absolute atomic E-state index is 0.493. The van der Waals surface area contributed by atoms with Crippen molar-refractivity contribution < 1.29 is 0 Å². The molecule has 0 aromatic carbocycles. The molecule has 4 nitrogen and oxygen atoms in total. The third kappa shape index (κ3) is 1.96. The van der Waals surface area contributed by atoms with Gasteiger partial charge in [0.25, 0.3) is 0 Å². The van der Waals surface area contributed by atoms with E-state index in [1.54, 1.807) is 6.07 Å². The Morgan fingerprint density at radius 2 is 2.43 bits per heavy atom. The zero-order chi connectivity index (χ0) is 9.97. The molecule has 14 heavy (non-hydrogen) atoms. The van der Waals surface area contributed by atoms with Gasteiger partial charge in [0.15, 0.2) is 0 Å². The fourth-order valence-corrected chi connectivity index (χ4v) is 1.82. The van der Waals surface area contributed by atoms with Crippen LogP contribution in [0, 0.1) is 0 Å². The van der Waals surface area contributed by atoms with Gasteiger partial charge in [-0.05, 0) is 13.0 Å². The molecule has 0 bridgehead atoms. The summed E-state index contributed by atoms with van der Waals surface area (Å²) in [5, 5.41) is 3.81. The zero-order valence-corrected chi connectivity index (χ0v) is 8.83. The molecule has 0 spiro atoms. The molecule has 1 aromatic rings. The number of likely N-dealkylation sites (N-methyl/N-ethyl adjacent to an activating group) is 1. The molecule has 1 atom stereocenters. The second-order valence-corrected chi connectivity index (χ2v) is 3.84. The number of aromatic nitrogens is 2. The standard InChI is InChI=1S/C9H13ClN4/c1-14(7-2-3-11-5-7)9-4-8(10)12-6-13-9/h4,6-7,11H,2-3,5H2,1H3. The molecule has 5 heteroatoms. The highest BCUT2D eigenvalue weighted by molar-refractivity contribution is 6.29. The van der Waals surface area contributed by atoms with Crippen molar-refractivity contribution in [3.63, 3.8) is 0 Å². The van der Waals surface area contributed by atoms with Crippen molar-refractivity contribution in [2.24, 2.45) is 0 Å². The second-order valence-electron chi connectivity index (χ2n) is 3.46. The molecule has 1 saturated heterocycles. The van der Waals surface area contributed by atoms with Crippen molar-refractivity contribution in [3.8, 4) is 0 Å². The minimum atomic E-state index is 0.493. The molecule has 0 aliphatic carbocycles. The average Bonchev–Trinajstić information content (AvgIpc) is 2.69. The average molecular weight is 213 g/mol. The lowest BCUT2D eigenvalue weighted by Crippen LogP contribution is -2.33. The van der Waals surface area contributed by atoms with Crippen LogP contribution in [0.1, 0.15) is 6.42 Å². The van der Waals surface area contributed by atoms with E-state index in [-0.39, 0.29) is 0 Å². The number of halogens is 1. The molecule has 1 aromatic heterocycles. The van der Waals surface area contributed by atoms with Crippen LogP contribution in [0.25, 0.3) is 0 Å². The maximum atomic E-state index is 5.80. The maximum Gasteiger partial charge on any atom is 0.134 e. The lowest BCUT2D eigenvalue weighted by Gasteiger charge is -2.24. The summed E-state index contributed by atoms with van der Waals surface area (Å²) in [5.74, 6) is 0.888. The first-order valence-electron chi connectivity index (χ1n) is 4.68. The van der Waals surface area contributed by atoms with E-state index in [1.165, 1.54) is 6.33 Å². The predicted molar refractivity (Wildman–Crippen MR) is 56.7 cm³/mol. The normalized spacial score (nSPS) is 21.1. The van der Waals surface area contributed by atoms with E-state index < -0.39 is 0 Å². The molecule has 1 N–H and O–H groups in total. The third-order valence-corrected chi connectivity index (χ3v) is 2.77. The number of nitrogens with one attached hydrogen (secondary N) is 1. The highest BCUT2D eigenvalue weighted by Gasteiger charge is 2.20. The van der Waals surface area contributed by atoms with Crippen LogP contribution < -0.4 is 10.2 Å². The van der Waals surface area contributed by atoms with Crippen molar-refractivity contribution in [3.05, 3.63) is 17.5 Å². The monoisotopic (exact) mass is 212 g/mol. The Kier molecular flexibility index (Phi) is 2.84. The Morgan fingerprint density at radius 1 is 1.57 bits per heavy atom. The fraction of sp³-hybridized carbons (Fsp3) is 0.556. The lowest BCUT2D eigenvalue weighted by molar-refractivity contribution is 0.677. The Hall–Kier alpha value is -0.870. The van der Waals surface area contributed by atoms with Crippen molar-refractivity contribution in [1.29, 1.82) is 0 Å². The summed E-state index contributed by atoms with van der Waals surface area (Å²) in [6, 6.07) is 2.31. The summed E-state index contributed by atoms with van der Waals surface area (Å²) >= 11 is 5.80. The van der Waals surface area contributed by atoms with E-state index in [4.69, 9.17) is 11.6 Å². The van der Waals surface area contributed by atoms with Crippen LogP contribution in [0.2, 0.25) is 5.15 Å². The number of hydrogen-bond donors (Lipinski definition) is 1. The highest BCUT2D eigenvalue weighted by Crippen LogP contribution is 2.17. The first kappa shape index (κ1) is 9.68. The minimum Gasteiger partial charge on any atom is -0.355 e. The van der Waals surface area contributed by atoms with Gasteiger partial charge in [-0.25, -0.2) is 9.97 Å². The van der Waals surface area contributed by atoms with E-state index >= 15 is 0 Å². The van der Waals surface area contributed by atoms with Crippen LogP contribution in [0.3, 0.4) is 0 Å². The van der Waals surface area contributed by atoms with Crippen molar-refractivity contribution in [2.75, 3.05) is 25.0 Å². The smallest absolute Gasteiger partial charge is 0.134 e. The van der Waals surface area contributed by atoms with Gasteiger partial charge in [0.2, 0.25) is 0 Å². The Morgan fingerprint density at radius 3 is 3.07 bits per heavy atom. The van der Waals surface area contributed by atoms with Crippen LogP contribution in [-0.2, 0) is 0 Å². The summed E-state index contributed by atoms with van der Waals surface area (Å²) in [7, 11) is 2.04. The van der Waals surface area contributed by atoms with Gasteiger partial charge in [-0.2, -0.15) is 0 Å². The van der Waals surface area contributed by atoms with E-state index in [0.717, 1.165) is 25.3 Å². The second kappa shape index (κ2) is 4.11. The number of rotatable bonds is 2. The Balaban J connectivity index is 2.13. The molecule has 1 aliphatic rings. The largest absolute Gasteiger partial charge is 0.355 e. The number of hydrogen-bond acceptors (Lipinski definition) is 4. The van der Waals surface area contributed by atoms with E-state index in [2.05, 4.69) is 20.2 Å². The van der Waals surface area contributed by atoms with Gasteiger partial charge < -0.3 is 10.2 Å². The van der Waals surface area contributed by atoms with Crippen LogP contribution >= 0.6 is 11.6 Å². The summed E-state index contributed by atoms with van der Waals surface area (Å²) in [6.07, 6.45) is 2.65. The summed E-state index contributed by atoms with van der Waals surface area (Å²) in [6.45, 7) is 2.09. The van der Waals surface area contributed by atoms with Crippen molar-refractivity contribution in [2.45, 2.75) is 12.5 Å². The molecule has 0 saturated carbocycles. The summed E-state index contributed by atoms with van der Waals surface area (Å²) in [4.78, 5) is 10.2. The van der Waals surface area contributed by atoms with Crippen LogP contribution in [0.4, 0.5) is 5.82 Å².